The molecule has 5 heteroatoms. The number of esters is 1. The maximum Gasteiger partial charge on any atom is 0.329 e. The number of carbonyl (C=O) groups excluding carboxylic acids is 2. The number of carbonyl (C=O) groups is 2. The Morgan fingerprint density at radius 3 is 2.55 bits per heavy atom. The van der Waals surface area contributed by atoms with Gasteiger partial charge < -0.3 is 9.64 Å². The van der Waals surface area contributed by atoms with E-state index in [9.17, 15) is 14.0 Å². The summed E-state index contributed by atoms with van der Waals surface area (Å²) in [4.78, 5) is 28.0. The molecule has 4 rings (SSSR count). The van der Waals surface area contributed by atoms with Crippen LogP contribution in [0.25, 0.3) is 0 Å². The highest BCUT2D eigenvalue weighted by molar-refractivity contribution is 5.89. The number of ether oxygens (including phenoxy) is 1. The molecule has 2 fully saturated rings. The molecule has 0 heterocycles. The molecular formula is C24H26FNO3. The summed E-state index contributed by atoms with van der Waals surface area (Å²) in [5, 5.41) is 0. The average Bonchev–Trinajstić information content (AvgIpc) is 3.62. The average molecular weight is 395 g/mol. The minimum absolute atomic E-state index is 0.00394. The van der Waals surface area contributed by atoms with Gasteiger partial charge in [0.05, 0.1) is 6.61 Å². The van der Waals surface area contributed by atoms with Gasteiger partial charge in [0.1, 0.15) is 11.9 Å². The molecule has 0 aromatic heterocycles. The van der Waals surface area contributed by atoms with Crippen LogP contribution >= 0.6 is 0 Å². The molecule has 0 radical (unpaired) electrons. The first-order valence-electron chi connectivity index (χ1n) is 10.4. The van der Waals surface area contributed by atoms with Crippen LogP contribution in [0.5, 0.6) is 0 Å². The zero-order chi connectivity index (χ0) is 20.4. The van der Waals surface area contributed by atoms with Crippen LogP contribution in [0.4, 0.5) is 4.39 Å². The van der Waals surface area contributed by atoms with Crippen molar-refractivity contribution in [3.05, 3.63) is 71.5 Å². The van der Waals surface area contributed by atoms with Crippen molar-refractivity contribution in [2.24, 2.45) is 5.92 Å². The van der Waals surface area contributed by atoms with E-state index in [-0.39, 0.29) is 42.2 Å². The third-order valence-corrected chi connectivity index (χ3v) is 5.75. The van der Waals surface area contributed by atoms with Gasteiger partial charge in [-0.25, -0.2) is 9.18 Å². The summed E-state index contributed by atoms with van der Waals surface area (Å²) in [6.45, 7) is 2.06. The Bertz CT molecular complexity index is 881. The smallest absolute Gasteiger partial charge is 0.329 e. The first kappa shape index (κ1) is 19.6. The number of hydrogen-bond donors (Lipinski definition) is 0. The first-order valence-corrected chi connectivity index (χ1v) is 10.4. The van der Waals surface area contributed by atoms with Crippen molar-refractivity contribution in [1.29, 1.82) is 0 Å². The van der Waals surface area contributed by atoms with Crippen molar-refractivity contribution < 1.29 is 18.7 Å². The zero-order valence-electron chi connectivity index (χ0n) is 16.6. The van der Waals surface area contributed by atoms with E-state index in [1.54, 1.807) is 17.9 Å². The molecule has 0 bridgehead atoms. The molecule has 3 unspecified atom stereocenters. The predicted molar refractivity (Wildman–Crippen MR) is 108 cm³/mol. The molecule has 1 amide bonds. The largest absolute Gasteiger partial charge is 0.464 e. The molecular weight excluding hydrogens is 369 g/mol. The number of rotatable bonds is 8. The second-order valence-corrected chi connectivity index (χ2v) is 7.94. The SMILES string of the molecule is CCOC(=O)C(Cc1ccccc1)N(C(=O)C1CC1c1cccc(F)c1)C1CC1. The van der Waals surface area contributed by atoms with Gasteiger partial charge in [-0.3, -0.25) is 4.79 Å². The molecule has 2 aliphatic carbocycles. The Morgan fingerprint density at radius 1 is 1.14 bits per heavy atom. The summed E-state index contributed by atoms with van der Waals surface area (Å²) in [6, 6.07) is 15.7. The molecule has 0 spiro atoms. The Labute approximate surface area is 170 Å². The van der Waals surface area contributed by atoms with Gasteiger partial charge in [0.2, 0.25) is 5.91 Å². The van der Waals surface area contributed by atoms with Crippen molar-refractivity contribution in [3.63, 3.8) is 0 Å². The molecule has 152 valence electrons. The maximum atomic E-state index is 13.6. The standard InChI is InChI=1S/C24H26FNO3/c1-2-29-24(28)22(13-16-7-4-3-5-8-16)26(19-11-12-19)23(27)21-15-20(21)17-9-6-10-18(25)14-17/h3-10,14,19-22H,2,11-13,15H2,1H3. The lowest BCUT2D eigenvalue weighted by Gasteiger charge is -2.31. The number of benzene rings is 2. The highest BCUT2D eigenvalue weighted by atomic mass is 19.1. The Morgan fingerprint density at radius 2 is 1.90 bits per heavy atom. The van der Waals surface area contributed by atoms with Crippen LogP contribution < -0.4 is 0 Å². The summed E-state index contributed by atoms with van der Waals surface area (Å²) in [5.74, 6) is -0.799. The van der Waals surface area contributed by atoms with Gasteiger partial charge in [-0.15, -0.1) is 0 Å². The molecule has 2 aromatic rings. The van der Waals surface area contributed by atoms with Gasteiger partial charge >= 0.3 is 5.97 Å². The van der Waals surface area contributed by atoms with E-state index in [2.05, 4.69) is 0 Å². The van der Waals surface area contributed by atoms with Gasteiger partial charge in [0.25, 0.3) is 0 Å². The normalized spacial score (nSPS) is 21.3. The predicted octanol–water partition coefficient (Wildman–Crippen LogP) is 4.09. The molecule has 3 atom stereocenters. The van der Waals surface area contributed by atoms with Crippen LogP contribution in [0.3, 0.4) is 0 Å². The van der Waals surface area contributed by atoms with E-state index in [0.717, 1.165) is 24.0 Å². The Balaban J connectivity index is 1.55. The first-order chi connectivity index (χ1) is 14.1. The molecule has 29 heavy (non-hydrogen) atoms. The molecule has 4 nitrogen and oxygen atoms in total. The summed E-state index contributed by atoms with van der Waals surface area (Å²) >= 11 is 0. The highest BCUT2D eigenvalue weighted by Crippen LogP contribution is 2.50. The third-order valence-electron chi connectivity index (χ3n) is 5.75. The van der Waals surface area contributed by atoms with Crippen molar-refractivity contribution in [2.45, 2.75) is 50.6 Å². The van der Waals surface area contributed by atoms with Crippen LogP contribution in [-0.2, 0) is 20.7 Å². The van der Waals surface area contributed by atoms with Gasteiger partial charge in [0, 0.05) is 18.4 Å². The van der Waals surface area contributed by atoms with Crippen LogP contribution in [-0.4, -0.2) is 35.5 Å². The van der Waals surface area contributed by atoms with Gasteiger partial charge in [-0.05, 0) is 55.4 Å². The molecule has 0 N–H and O–H groups in total. The Kier molecular flexibility index (Phi) is 5.65. The van der Waals surface area contributed by atoms with Crippen molar-refractivity contribution in [3.8, 4) is 0 Å². The summed E-state index contributed by atoms with van der Waals surface area (Å²) < 4.78 is 18.9. The second kappa shape index (κ2) is 8.36. The number of amides is 1. The summed E-state index contributed by atoms with van der Waals surface area (Å²) in [5.41, 5.74) is 1.86. The van der Waals surface area contributed by atoms with Gasteiger partial charge in [0.15, 0.2) is 0 Å². The number of nitrogens with zero attached hydrogens (tertiary/aromatic N) is 1. The lowest BCUT2D eigenvalue weighted by Crippen LogP contribution is -2.49. The number of halogens is 1. The molecule has 0 saturated heterocycles. The Hall–Kier alpha value is -2.69. The fraction of sp³-hybridized carbons (Fsp3) is 0.417. The van der Waals surface area contributed by atoms with Gasteiger partial charge in [-0.2, -0.15) is 0 Å². The van der Waals surface area contributed by atoms with Crippen LogP contribution in [0.15, 0.2) is 54.6 Å². The van der Waals surface area contributed by atoms with E-state index in [0.29, 0.717) is 12.8 Å². The minimum Gasteiger partial charge on any atom is -0.464 e. The lowest BCUT2D eigenvalue weighted by molar-refractivity contribution is -0.156. The molecule has 2 aliphatic rings. The summed E-state index contributed by atoms with van der Waals surface area (Å²) in [6.07, 6.45) is 2.97. The molecule has 0 aliphatic heterocycles. The van der Waals surface area contributed by atoms with Crippen LogP contribution in [0.2, 0.25) is 0 Å². The van der Waals surface area contributed by atoms with Crippen LogP contribution in [0.1, 0.15) is 43.2 Å². The van der Waals surface area contributed by atoms with E-state index in [4.69, 9.17) is 4.74 Å². The van der Waals surface area contributed by atoms with Crippen molar-refractivity contribution in [2.75, 3.05) is 6.61 Å². The topological polar surface area (TPSA) is 46.6 Å². The van der Waals surface area contributed by atoms with Crippen LogP contribution in [0, 0.1) is 11.7 Å². The quantitative estimate of drug-likeness (QED) is 0.633. The third kappa shape index (κ3) is 4.50. The van der Waals surface area contributed by atoms with Crippen molar-refractivity contribution >= 4 is 11.9 Å². The van der Waals surface area contributed by atoms with E-state index >= 15 is 0 Å². The molecule has 2 saturated carbocycles. The minimum atomic E-state index is -0.619. The monoisotopic (exact) mass is 395 g/mol. The second-order valence-electron chi connectivity index (χ2n) is 7.94. The fourth-order valence-corrected chi connectivity index (χ4v) is 4.08. The van der Waals surface area contributed by atoms with E-state index in [1.165, 1.54) is 12.1 Å². The number of hydrogen-bond acceptors (Lipinski definition) is 3. The maximum absolute atomic E-state index is 13.6. The van der Waals surface area contributed by atoms with Crippen molar-refractivity contribution in [1.82, 2.24) is 4.90 Å². The lowest BCUT2D eigenvalue weighted by atomic mass is 10.0. The highest BCUT2D eigenvalue weighted by Gasteiger charge is 2.51. The summed E-state index contributed by atoms with van der Waals surface area (Å²) in [7, 11) is 0. The molecule has 2 aromatic carbocycles. The fourth-order valence-electron chi connectivity index (χ4n) is 4.08. The zero-order valence-corrected chi connectivity index (χ0v) is 16.6. The van der Waals surface area contributed by atoms with Gasteiger partial charge in [-0.1, -0.05) is 42.5 Å². The van der Waals surface area contributed by atoms with E-state index < -0.39 is 6.04 Å². The van der Waals surface area contributed by atoms with E-state index in [1.807, 2.05) is 36.4 Å².